The van der Waals surface area contributed by atoms with Crippen molar-refractivity contribution in [3.05, 3.63) is 58.6 Å². The number of ether oxygens (including phenoxy) is 1. The number of benzene rings is 1. The minimum absolute atomic E-state index is 0.00494. The van der Waals surface area contributed by atoms with E-state index in [1.54, 1.807) is 30.3 Å². The van der Waals surface area contributed by atoms with Gasteiger partial charge in [0.15, 0.2) is 0 Å². The van der Waals surface area contributed by atoms with Gasteiger partial charge in [0.2, 0.25) is 0 Å². The van der Waals surface area contributed by atoms with Gasteiger partial charge in [-0.2, -0.15) is 5.26 Å². The zero-order valence-electron chi connectivity index (χ0n) is 9.23. The minimum Gasteiger partial charge on any atom is -0.487 e. The molecule has 1 aromatic heterocycles. The van der Waals surface area contributed by atoms with E-state index in [-0.39, 0.29) is 12.2 Å². The maximum atomic E-state index is 13.7. The lowest BCUT2D eigenvalue weighted by Crippen LogP contribution is -2.00. The molecule has 0 saturated carbocycles. The quantitative estimate of drug-likeness (QED) is 0.797. The predicted molar refractivity (Wildman–Crippen MR) is 64.7 cm³/mol. The molecule has 0 amide bonds. The molecule has 0 bridgehead atoms. The van der Waals surface area contributed by atoms with E-state index < -0.39 is 5.82 Å². The van der Waals surface area contributed by atoms with Crippen LogP contribution in [0.2, 0.25) is 5.15 Å². The van der Waals surface area contributed by atoms with Gasteiger partial charge in [-0.25, -0.2) is 9.37 Å². The summed E-state index contributed by atoms with van der Waals surface area (Å²) in [6.07, 6.45) is 1.45. The molecule has 0 radical (unpaired) electrons. The monoisotopic (exact) mass is 262 g/mol. The molecular formula is C13H8ClFN2O. The van der Waals surface area contributed by atoms with Gasteiger partial charge in [-0.05, 0) is 18.2 Å². The van der Waals surface area contributed by atoms with Crippen molar-refractivity contribution < 1.29 is 9.13 Å². The standard InChI is InChI=1S/C13H8ClFN2O/c14-12-5-4-11(7-17-12)18-8-10-3-1-2-9(6-16)13(10)15/h1-5,7H,8H2. The van der Waals surface area contributed by atoms with Crippen LogP contribution >= 0.6 is 11.6 Å². The Kier molecular flexibility index (Phi) is 3.75. The summed E-state index contributed by atoms with van der Waals surface area (Å²) in [5, 5.41) is 9.06. The molecule has 1 heterocycles. The van der Waals surface area contributed by atoms with Crippen molar-refractivity contribution in [2.75, 3.05) is 0 Å². The number of nitriles is 1. The summed E-state index contributed by atoms with van der Waals surface area (Å²) in [6.45, 7) is 0.0324. The summed E-state index contributed by atoms with van der Waals surface area (Å²) < 4.78 is 19.1. The first-order chi connectivity index (χ1) is 8.70. The molecular weight excluding hydrogens is 255 g/mol. The summed E-state index contributed by atoms with van der Waals surface area (Å²) in [5.41, 5.74) is 0.328. The van der Waals surface area contributed by atoms with Gasteiger partial charge in [-0.1, -0.05) is 23.7 Å². The molecule has 0 N–H and O–H groups in total. The highest BCUT2D eigenvalue weighted by atomic mass is 35.5. The summed E-state index contributed by atoms with van der Waals surface area (Å²) in [6, 6.07) is 9.60. The molecule has 2 rings (SSSR count). The normalized spacial score (nSPS) is 9.83. The fraction of sp³-hybridized carbons (Fsp3) is 0.0769. The fourth-order valence-electron chi connectivity index (χ4n) is 1.39. The molecule has 0 aliphatic carbocycles. The van der Waals surface area contributed by atoms with Crippen molar-refractivity contribution in [1.29, 1.82) is 5.26 Å². The molecule has 3 nitrogen and oxygen atoms in total. The first-order valence-corrected chi connectivity index (χ1v) is 5.50. The number of aromatic nitrogens is 1. The Bertz CT molecular complexity index is 593. The van der Waals surface area contributed by atoms with Crippen LogP contribution in [0.4, 0.5) is 4.39 Å². The van der Waals surface area contributed by atoms with Crippen molar-refractivity contribution in [3.8, 4) is 11.8 Å². The first-order valence-electron chi connectivity index (χ1n) is 5.12. The zero-order valence-corrected chi connectivity index (χ0v) is 9.99. The number of hydrogen-bond donors (Lipinski definition) is 0. The molecule has 5 heteroatoms. The maximum absolute atomic E-state index is 13.7. The zero-order chi connectivity index (χ0) is 13.0. The highest BCUT2D eigenvalue weighted by molar-refractivity contribution is 6.29. The van der Waals surface area contributed by atoms with E-state index in [0.29, 0.717) is 16.5 Å². The third kappa shape index (κ3) is 2.76. The van der Waals surface area contributed by atoms with Crippen LogP contribution in [0.25, 0.3) is 0 Å². The largest absolute Gasteiger partial charge is 0.487 e. The van der Waals surface area contributed by atoms with E-state index in [0.717, 1.165) is 0 Å². The van der Waals surface area contributed by atoms with Crippen LogP contribution in [-0.4, -0.2) is 4.98 Å². The third-order valence-electron chi connectivity index (χ3n) is 2.29. The van der Waals surface area contributed by atoms with Gasteiger partial charge in [-0.15, -0.1) is 0 Å². The number of rotatable bonds is 3. The summed E-state index contributed by atoms with van der Waals surface area (Å²) in [7, 11) is 0. The second-order valence-electron chi connectivity index (χ2n) is 3.50. The van der Waals surface area contributed by atoms with E-state index in [1.807, 2.05) is 0 Å². The molecule has 0 spiro atoms. The van der Waals surface area contributed by atoms with Crippen LogP contribution in [0.1, 0.15) is 11.1 Å². The van der Waals surface area contributed by atoms with Gasteiger partial charge in [0, 0.05) is 5.56 Å². The summed E-state index contributed by atoms with van der Waals surface area (Å²) in [4.78, 5) is 3.84. The maximum Gasteiger partial charge on any atom is 0.147 e. The van der Waals surface area contributed by atoms with E-state index in [9.17, 15) is 4.39 Å². The lowest BCUT2D eigenvalue weighted by molar-refractivity contribution is 0.298. The lowest BCUT2D eigenvalue weighted by atomic mass is 10.1. The molecule has 0 fully saturated rings. The molecule has 1 aromatic carbocycles. The first kappa shape index (κ1) is 12.3. The Balaban J connectivity index is 2.11. The summed E-state index contributed by atoms with van der Waals surface area (Å²) >= 11 is 5.63. The Morgan fingerprint density at radius 2 is 2.17 bits per heavy atom. The average Bonchev–Trinajstić information content (AvgIpc) is 2.39. The number of hydrogen-bond acceptors (Lipinski definition) is 3. The second-order valence-corrected chi connectivity index (χ2v) is 3.88. The van der Waals surface area contributed by atoms with Crippen LogP contribution in [-0.2, 0) is 6.61 Å². The van der Waals surface area contributed by atoms with Crippen molar-refractivity contribution in [3.63, 3.8) is 0 Å². The van der Waals surface area contributed by atoms with Crippen molar-refractivity contribution in [2.45, 2.75) is 6.61 Å². The van der Waals surface area contributed by atoms with E-state index in [1.165, 1.54) is 12.3 Å². The molecule has 2 aromatic rings. The van der Waals surface area contributed by atoms with E-state index in [2.05, 4.69) is 4.98 Å². The average molecular weight is 263 g/mol. The number of halogens is 2. The van der Waals surface area contributed by atoms with E-state index >= 15 is 0 Å². The van der Waals surface area contributed by atoms with Crippen LogP contribution < -0.4 is 4.74 Å². The topological polar surface area (TPSA) is 45.9 Å². The van der Waals surface area contributed by atoms with Crippen molar-refractivity contribution in [2.24, 2.45) is 0 Å². The van der Waals surface area contributed by atoms with Crippen LogP contribution in [0.3, 0.4) is 0 Å². The molecule has 90 valence electrons. The van der Waals surface area contributed by atoms with Crippen LogP contribution in [0, 0.1) is 17.1 Å². The highest BCUT2D eigenvalue weighted by Crippen LogP contribution is 2.17. The van der Waals surface area contributed by atoms with Crippen molar-refractivity contribution >= 4 is 11.6 Å². The van der Waals surface area contributed by atoms with Gasteiger partial charge >= 0.3 is 0 Å². The molecule has 0 atom stereocenters. The Hall–Kier alpha value is -2.12. The van der Waals surface area contributed by atoms with Crippen LogP contribution in [0.5, 0.6) is 5.75 Å². The highest BCUT2D eigenvalue weighted by Gasteiger charge is 2.08. The molecule has 0 unspecified atom stereocenters. The Labute approximate surface area is 108 Å². The lowest BCUT2D eigenvalue weighted by Gasteiger charge is -2.07. The van der Waals surface area contributed by atoms with Gasteiger partial charge in [-0.3, -0.25) is 0 Å². The smallest absolute Gasteiger partial charge is 0.147 e. The fourth-order valence-corrected chi connectivity index (χ4v) is 1.50. The van der Waals surface area contributed by atoms with Gasteiger partial charge in [0.05, 0.1) is 11.8 Å². The third-order valence-corrected chi connectivity index (χ3v) is 2.52. The number of pyridine rings is 1. The van der Waals surface area contributed by atoms with Gasteiger partial charge in [0.25, 0.3) is 0 Å². The molecule has 0 aliphatic rings. The molecule has 0 saturated heterocycles. The Morgan fingerprint density at radius 1 is 1.33 bits per heavy atom. The minimum atomic E-state index is -0.554. The number of nitrogens with zero attached hydrogens (tertiary/aromatic N) is 2. The Morgan fingerprint density at radius 3 is 2.83 bits per heavy atom. The second kappa shape index (κ2) is 5.48. The molecule has 0 aliphatic heterocycles. The SMILES string of the molecule is N#Cc1cccc(COc2ccc(Cl)nc2)c1F. The van der Waals surface area contributed by atoms with Crippen molar-refractivity contribution in [1.82, 2.24) is 4.98 Å². The van der Waals surface area contributed by atoms with Gasteiger partial charge in [0.1, 0.15) is 29.4 Å². The predicted octanol–water partition coefficient (Wildman–Crippen LogP) is 3.32. The van der Waals surface area contributed by atoms with Crippen LogP contribution in [0.15, 0.2) is 36.5 Å². The van der Waals surface area contributed by atoms with Gasteiger partial charge < -0.3 is 4.74 Å². The van der Waals surface area contributed by atoms with E-state index in [4.69, 9.17) is 21.6 Å². The summed E-state index contributed by atoms with van der Waals surface area (Å²) in [5.74, 6) is -0.0666. The molecule has 18 heavy (non-hydrogen) atoms.